The molecule has 7 heteroatoms. The van der Waals surface area contributed by atoms with Crippen LogP contribution in [0.4, 0.5) is 0 Å². The van der Waals surface area contributed by atoms with Crippen molar-refractivity contribution < 1.29 is 31.9 Å². The Morgan fingerprint density at radius 2 is 0.714 bits per heavy atom. The Hall–Kier alpha value is 0.662. The molecule has 0 aromatic heterocycles. The van der Waals surface area contributed by atoms with E-state index in [1.165, 1.54) is 0 Å². The number of rotatable bonds is 0. The van der Waals surface area contributed by atoms with Crippen LogP contribution in [0.3, 0.4) is 0 Å². The van der Waals surface area contributed by atoms with E-state index in [4.69, 9.17) is 16.3 Å². The molecule has 0 aliphatic rings. The normalized spacial score (nSPS) is 8.57. The minimum atomic E-state index is -8.05. The van der Waals surface area contributed by atoms with Gasteiger partial charge in [-0.2, -0.15) is 0 Å². The van der Waals surface area contributed by atoms with E-state index in [0.717, 1.165) is 0 Å². The molecule has 0 atom stereocenters. The zero-order valence-corrected chi connectivity index (χ0v) is 11.9. The van der Waals surface area contributed by atoms with Crippen molar-refractivity contribution >= 4 is 27.3 Å². The summed E-state index contributed by atoms with van der Waals surface area (Å²) in [5.74, 6) is 0. The predicted molar refractivity (Wildman–Crippen MR) is 12.0 cm³/mol. The van der Waals surface area contributed by atoms with Crippen LogP contribution < -0.4 is 0 Å². The first-order valence-corrected chi connectivity index (χ1v) is 7.47. The zero-order valence-electron chi connectivity index (χ0n) is 3.20. The van der Waals surface area contributed by atoms with Gasteiger partial charge in [-0.1, -0.05) is 0 Å². The fourth-order valence-electron chi connectivity index (χ4n) is 0. The summed E-state index contributed by atoms with van der Waals surface area (Å²) in [5.41, 5.74) is 0. The number of hydrogen-bond donors (Lipinski definition) is 0. The molecule has 0 aliphatic heterocycles. The Bertz CT molecular complexity index is 278. The molecular formula is H2O5PbTa. The van der Waals surface area contributed by atoms with Crippen molar-refractivity contribution in [3.63, 3.8) is 0 Å². The summed E-state index contributed by atoms with van der Waals surface area (Å²) in [6.07, 6.45) is 0. The van der Waals surface area contributed by atoms with E-state index in [2.05, 4.69) is 0 Å². The summed E-state index contributed by atoms with van der Waals surface area (Å²) in [6.45, 7) is 0. The Morgan fingerprint density at radius 1 is 0.714 bits per heavy atom. The minimum absolute atomic E-state index is 0. The van der Waals surface area contributed by atoms with E-state index in [0.29, 0.717) is 0 Å². The van der Waals surface area contributed by atoms with E-state index in [9.17, 15) is 0 Å². The Kier molecular flexibility index (Phi) is 2.85. The van der Waals surface area contributed by atoms with Gasteiger partial charge in [-0.05, 0) is 0 Å². The molecule has 0 aromatic rings. The molecule has 0 aliphatic carbocycles. The van der Waals surface area contributed by atoms with Crippen LogP contribution in [0.15, 0.2) is 0 Å². The van der Waals surface area contributed by atoms with E-state index in [1.807, 2.05) is 0 Å². The molecule has 0 rings (SSSR count). The van der Waals surface area contributed by atoms with Crippen molar-refractivity contribution in [1.29, 1.82) is 0 Å². The second-order valence-corrected chi connectivity index (χ2v) is 6.10. The molecule has 0 saturated carbocycles. The van der Waals surface area contributed by atoms with E-state index in [-0.39, 0.29) is 27.3 Å². The SMILES string of the molecule is [O]=[Ta](=[O])(=[O])(=[O])=[O].[PbH2]. The maximum absolute atomic E-state index is 8.67. The molecule has 7 heavy (non-hydrogen) atoms. The topological polar surface area (TPSA) is 85.3 Å². The second-order valence-electron chi connectivity index (χ2n) is 0.745. The maximum atomic E-state index is 8.67. The quantitative estimate of drug-likeness (QED) is 0.402. The molecule has 0 N–H and O–H groups in total. The van der Waals surface area contributed by atoms with Crippen LogP contribution in [-0.2, 0) is 31.9 Å². The van der Waals surface area contributed by atoms with Crippen LogP contribution in [0.5, 0.6) is 0 Å². The first-order valence-electron chi connectivity index (χ1n) is 0.913. The Morgan fingerprint density at radius 3 is 0.714 bits per heavy atom. The van der Waals surface area contributed by atoms with Crippen molar-refractivity contribution in [3.8, 4) is 0 Å². The Labute approximate surface area is 58.9 Å². The summed E-state index contributed by atoms with van der Waals surface area (Å²) in [5, 5.41) is 0. The molecule has 0 spiro atoms. The van der Waals surface area contributed by atoms with Gasteiger partial charge in [-0.3, -0.25) is 0 Å². The van der Waals surface area contributed by atoms with Crippen molar-refractivity contribution in [2.24, 2.45) is 0 Å². The molecule has 0 aromatic carbocycles. The zero-order chi connectivity index (χ0) is 5.45. The van der Waals surface area contributed by atoms with Gasteiger partial charge in [0.05, 0.1) is 0 Å². The van der Waals surface area contributed by atoms with Gasteiger partial charge < -0.3 is 0 Å². The van der Waals surface area contributed by atoms with E-state index in [1.54, 1.807) is 0 Å². The van der Waals surface area contributed by atoms with Crippen molar-refractivity contribution in [2.45, 2.75) is 0 Å². The molecule has 5 nitrogen and oxygen atoms in total. The van der Waals surface area contributed by atoms with Gasteiger partial charge in [-0.15, -0.1) is 0 Å². The van der Waals surface area contributed by atoms with Gasteiger partial charge in [0.1, 0.15) is 0 Å². The van der Waals surface area contributed by atoms with Gasteiger partial charge in [0.2, 0.25) is 0 Å². The first-order chi connectivity index (χ1) is 2.24. The third-order valence-corrected chi connectivity index (χ3v) is 0. The molecule has 0 fully saturated rings. The summed E-state index contributed by atoms with van der Waals surface area (Å²) in [7, 11) is 0. The fraction of sp³-hybridized carbons (Fsp3) is 0. The van der Waals surface area contributed by atoms with Crippen molar-refractivity contribution in [3.05, 3.63) is 0 Å². The summed E-state index contributed by atoms with van der Waals surface area (Å²) >= 11 is -8.05. The molecule has 0 heterocycles. The van der Waals surface area contributed by atoms with Gasteiger partial charge in [-0.25, -0.2) is 0 Å². The molecule has 0 bridgehead atoms. The van der Waals surface area contributed by atoms with Crippen LogP contribution in [0.1, 0.15) is 0 Å². The third kappa shape index (κ3) is 330. The van der Waals surface area contributed by atoms with Gasteiger partial charge in [0, 0.05) is 0 Å². The van der Waals surface area contributed by atoms with Crippen molar-refractivity contribution in [2.75, 3.05) is 0 Å². The van der Waals surface area contributed by atoms with E-state index >= 15 is 0 Å². The van der Waals surface area contributed by atoms with Crippen molar-refractivity contribution in [1.82, 2.24) is 0 Å². The van der Waals surface area contributed by atoms with E-state index < -0.39 is 15.7 Å². The Balaban J connectivity index is 0. The first kappa shape index (κ1) is 10.6. The summed E-state index contributed by atoms with van der Waals surface area (Å²) in [6, 6.07) is 0. The predicted octanol–water partition coefficient (Wildman–Crippen LogP) is -1.51. The van der Waals surface area contributed by atoms with Gasteiger partial charge in [0.15, 0.2) is 0 Å². The average Bonchev–Trinajstić information content (AvgIpc) is 0.650. The van der Waals surface area contributed by atoms with Crippen LogP contribution in [0, 0.1) is 0 Å². The molecule has 2 radical (unpaired) electrons. The molecule has 0 amide bonds. The molecule has 41 valence electrons. The molecule has 0 unspecified atom stereocenters. The van der Waals surface area contributed by atoms with Gasteiger partial charge in [0.25, 0.3) is 0 Å². The second kappa shape index (κ2) is 1.88. The molecular weight excluding hydrogens is 468 g/mol. The van der Waals surface area contributed by atoms with Crippen LogP contribution in [-0.4, -0.2) is 27.3 Å². The standard InChI is InChI=1S/5O.Pb.Ta.2H. The molecule has 0 saturated heterocycles. The number of hydrogen-bond acceptors (Lipinski definition) is 5. The average molecular weight is 470 g/mol. The summed E-state index contributed by atoms with van der Waals surface area (Å²) in [4.78, 5) is 0. The summed E-state index contributed by atoms with van der Waals surface area (Å²) < 4.78 is 43.4. The van der Waals surface area contributed by atoms with Crippen LogP contribution in [0.25, 0.3) is 0 Å². The van der Waals surface area contributed by atoms with Gasteiger partial charge >= 0.3 is 59.2 Å². The van der Waals surface area contributed by atoms with Crippen LogP contribution >= 0.6 is 0 Å². The third-order valence-electron chi connectivity index (χ3n) is 0. The fourth-order valence-corrected chi connectivity index (χ4v) is 0. The van der Waals surface area contributed by atoms with Crippen LogP contribution in [0.2, 0.25) is 0 Å². The monoisotopic (exact) mass is 471 g/mol.